The minimum absolute atomic E-state index is 0.804. The maximum atomic E-state index is 5.23. The Morgan fingerprint density at radius 2 is 1.18 bits per heavy atom. The quantitative estimate of drug-likeness (QED) is 0.323. The number of rotatable bonds is 2. The van der Waals surface area contributed by atoms with Crippen LogP contribution in [-0.2, 0) is 0 Å². The van der Waals surface area contributed by atoms with Crippen molar-refractivity contribution in [3.05, 3.63) is 103 Å². The molecule has 0 spiro atoms. The summed E-state index contributed by atoms with van der Waals surface area (Å²) in [6, 6.07) is 31.2. The molecule has 7 aromatic rings. The van der Waals surface area contributed by atoms with Crippen LogP contribution in [0.1, 0.15) is 5.56 Å². The number of hydrogen-bond donors (Lipinski definition) is 0. The van der Waals surface area contributed by atoms with Gasteiger partial charge < -0.3 is 0 Å². The van der Waals surface area contributed by atoms with E-state index >= 15 is 0 Å². The number of para-hydroxylation sites is 2. The molecule has 0 unspecified atom stereocenters. The lowest BCUT2D eigenvalue weighted by Gasteiger charge is -2.08. The number of hydrogen-bond acceptors (Lipinski definition) is 3. The van der Waals surface area contributed by atoms with E-state index in [9.17, 15) is 0 Å². The van der Waals surface area contributed by atoms with Gasteiger partial charge >= 0.3 is 0 Å². The van der Waals surface area contributed by atoms with Gasteiger partial charge in [0.25, 0.3) is 0 Å². The molecule has 0 aliphatic carbocycles. The molecular weight excluding hydrogens is 406 g/mol. The second-order valence-electron chi connectivity index (χ2n) is 8.30. The fraction of sp³-hybridized carbons (Fsp3) is 0.0357. The molecule has 0 fully saturated rings. The second-order valence-corrected chi connectivity index (χ2v) is 8.30. The molecule has 33 heavy (non-hydrogen) atoms. The zero-order chi connectivity index (χ0) is 21.9. The Morgan fingerprint density at radius 3 is 2.03 bits per heavy atom. The van der Waals surface area contributed by atoms with Crippen molar-refractivity contribution in [3.8, 4) is 11.4 Å². The molecule has 156 valence electrons. The van der Waals surface area contributed by atoms with Gasteiger partial charge in [-0.3, -0.25) is 14.1 Å². The SMILES string of the molecule is Cc1ccc(-n2c3cccnc3c3nc4c(nc32)c2ccccc2n4-c2ccccc2)cc1. The molecule has 0 aliphatic heterocycles. The van der Waals surface area contributed by atoms with Gasteiger partial charge in [-0.2, -0.15) is 0 Å². The van der Waals surface area contributed by atoms with E-state index in [-0.39, 0.29) is 0 Å². The van der Waals surface area contributed by atoms with Crippen LogP contribution in [0.25, 0.3) is 55.6 Å². The van der Waals surface area contributed by atoms with E-state index in [2.05, 4.69) is 82.8 Å². The van der Waals surface area contributed by atoms with Crippen LogP contribution >= 0.6 is 0 Å². The monoisotopic (exact) mass is 425 g/mol. The Morgan fingerprint density at radius 1 is 0.545 bits per heavy atom. The minimum atomic E-state index is 0.804. The highest BCUT2D eigenvalue weighted by atomic mass is 15.1. The van der Waals surface area contributed by atoms with Crippen molar-refractivity contribution >= 4 is 44.3 Å². The van der Waals surface area contributed by atoms with Crippen LogP contribution in [0.15, 0.2) is 97.2 Å². The topological polar surface area (TPSA) is 48.5 Å². The van der Waals surface area contributed by atoms with Gasteiger partial charge in [-0.15, -0.1) is 0 Å². The molecule has 0 N–H and O–H groups in total. The van der Waals surface area contributed by atoms with Gasteiger partial charge in [0.1, 0.15) is 16.6 Å². The molecule has 0 saturated heterocycles. The highest BCUT2D eigenvalue weighted by Gasteiger charge is 2.21. The van der Waals surface area contributed by atoms with E-state index in [1.165, 1.54) is 5.56 Å². The summed E-state index contributed by atoms with van der Waals surface area (Å²) in [6.45, 7) is 2.10. The average molecular weight is 425 g/mol. The summed E-state index contributed by atoms with van der Waals surface area (Å²) in [5.74, 6) is 0. The Balaban J connectivity index is 1.68. The summed E-state index contributed by atoms with van der Waals surface area (Å²) < 4.78 is 4.35. The second kappa shape index (κ2) is 6.74. The van der Waals surface area contributed by atoms with Crippen molar-refractivity contribution in [2.45, 2.75) is 6.92 Å². The van der Waals surface area contributed by atoms with Crippen LogP contribution in [0.3, 0.4) is 0 Å². The fourth-order valence-corrected chi connectivity index (χ4v) is 4.72. The van der Waals surface area contributed by atoms with Gasteiger partial charge in [-0.1, -0.05) is 54.1 Å². The first kappa shape index (κ1) is 18.1. The molecule has 0 aliphatic rings. The molecule has 0 radical (unpaired) electrons. The van der Waals surface area contributed by atoms with Gasteiger partial charge in [0.05, 0.1) is 11.0 Å². The van der Waals surface area contributed by atoms with Crippen molar-refractivity contribution in [2.75, 3.05) is 0 Å². The molecule has 0 saturated carbocycles. The van der Waals surface area contributed by atoms with Gasteiger partial charge in [0, 0.05) is 23.0 Å². The maximum Gasteiger partial charge on any atom is 0.166 e. The highest BCUT2D eigenvalue weighted by molar-refractivity contribution is 6.11. The maximum absolute atomic E-state index is 5.23. The lowest BCUT2D eigenvalue weighted by molar-refractivity contribution is 1.12. The van der Waals surface area contributed by atoms with Gasteiger partial charge in [-0.25, -0.2) is 9.97 Å². The first-order valence-electron chi connectivity index (χ1n) is 11.0. The van der Waals surface area contributed by atoms with E-state index in [1.807, 2.05) is 30.5 Å². The zero-order valence-electron chi connectivity index (χ0n) is 18.0. The summed E-state index contributed by atoms with van der Waals surface area (Å²) in [4.78, 5) is 15.1. The van der Waals surface area contributed by atoms with E-state index in [0.717, 1.165) is 55.6 Å². The van der Waals surface area contributed by atoms with Gasteiger partial charge in [-0.05, 0) is 49.4 Å². The third-order valence-electron chi connectivity index (χ3n) is 6.24. The fourth-order valence-electron chi connectivity index (χ4n) is 4.72. The zero-order valence-corrected chi connectivity index (χ0v) is 18.0. The first-order valence-corrected chi connectivity index (χ1v) is 11.0. The number of aryl methyl sites for hydroxylation is 1. The van der Waals surface area contributed by atoms with E-state index in [1.54, 1.807) is 0 Å². The summed E-state index contributed by atoms with van der Waals surface area (Å²) in [5, 5.41) is 1.08. The lowest BCUT2D eigenvalue weighted by atomic mass is 10.2. The number of benzene rings is 3. The summed E-state index contributed by atoms with van der Waals surface area (Å²) in [5.41, 5.74) is 9.62. The Kier molecular flexibility index (Phi) is 3.70. The lowest BCUT2D eigenvalue weighted by Crippen LogP contribution is -1.98. The van der Waals surface area contributed by atoms with Crippen LogP contribution < -0.4 is 0 Å². The van der Waals surface area contributed by atoms with E-state index in [4.69, 9.17) is 15.0 Å². The molecule has 0 bridgehead atoms. The normalized spacial score (nSPS) is 11.8. The molecule has 3 aromatic carbocycles. The third kappa shape index (κ3) is 2.56. The van der Waals surface area contributed by atoms with Crippen LogP contribution in [0.5, 0.6) is 0 Å². The third-order valence-corrected chi connectivity index (χ3v) is 6.24. The Hall–Kier alpha value is -4.51. The van der Waals surface area contributed by atoms with Gasteiger partial charge in [0.15, 0.2) is 11.3 Å². The predicted octanol–water partition coefficient (Wildman–Crippen LogP) is 6.37. The molecular formula is C28H19N5. The molecule has 0 atom stereocenters. The highest BCUT2D eigenvalue weighted by Crippen LogP contribution is 2.34. The molecule has 7 rings (SSSR count). The van der Waals surface area contributed by atoms with Crippen molar-refractivity contribution in [3.63, 3.8) is 0 Å². The average Bonchev–Trinajstić information content (AvgIpc) is 3.36. The Labute approximate surface area is 189 Å². The minimum Gasteiger partial charge on any atom is -0.293 e. The smallest absolute Gasteiger partial charge is 0.166 e. The van der Waals surface area contributed by atoms with Crippen LogP contribution in [0.4, 0.5) is 0 Å². The number of nitrogens with zero attached hydrogens (tertiary/aromatic N) is 5. The van der Waals surface area contributed by atoms with E-state index in [0.29, 0.717) is 0 Å². The van der Waals surface area contributed by atoms with Crippen LogP contribution in [0.2, 0.25) is 0 Å². The van der Waals surface area contributed by atoms with Crippen LogP contribution in [-0.4, -0.2) is 24.1 Å². The molecule has 0 amide bonds. The first-order chi connectivity index (χ1) is 16.3. The van der Waals surface area contributed by atoms with Crippen molar-refractivity contribution in [2.24, 2.45) is 0 Å². The largest absolute Gasteiger partial charge is 0.293 e. The van der Waals surface area contributed by atoms with Gasteiger partial charge in [0.2, 0.25) is 0 Å². The summed E-state index contributed by atoms with van der Waals surface area (Å²) >= 11 is 0. The Bertz CT molecular complexity index is 1810. The molecule has 4 heterocycles. The van der Waals surface area contributed by atoms with Crippen LogP contribution in [0, 0.1) is 6.92 Å². The van der Waals surface area contributed by atoms with Crippen molar-refractivity contribution < 1.29 is 0 Å². The predicted molar refractivity (Wildman–Crippen MR) is 133 cm³/mol. The number of fused-ring (bicyclic) bond motifs is 6. The van der Waals surface area contributed by atoms with E-state index < -0.39 is 0 Å². The number of pyridine rings is 1. The molecule has 5 nitrogen and oxygen atoms in total. The summed E-state index contributed by atoms with van der Waals surface area (Å²) in [7, 11) is 0. The van der Waals surface area contributed by atoms with Crippen molar-refractivity contribution in [1.82, 2.24) is 24.1 Å². The molecule has 4 aromatic heterocycles. The van der Waals surface area contributed by atoms with Crippen molar-refractivity contribution in [1.29, 1.82) is 0 Å². The standard InChI is InChI=1S/C28H19N5/c1-18-13-15-20(16-14-18)33-23-12-7-17-29-25(23)26-28(33)30-24-21-10-5-6-11-22(21)32(27(24)31-26)19-8-3-2-4-9-19/h2-17H,1H3. The number of aromatic nitrogens is 5. The summed E-state index contributed by atoms with van der Waals surface area (Å²) in [6.07, 6.45) is 1.82. The molecule has 5 heteroatoms.